The molecule has 2 aromatic heterocycles. The van der Waals surface area contributed by atoms with Gasteiger partial charge in [-0.25, -0.2) is 4.98 Å². The lowest BCUT2D eigenvalue weighted by Crippen LogP contribution is -2.20. The second-order valence-corrected chi connectivity index (χ2v) is 6.41. The fraction of sp³-hybridized carbons (Fsp3) is 0.600. The normalized spacial score (nSPS) is 12.3. The molecule has 0 amide bonds. The van der Waals surface area contributed by atoms with Crippen LogP contribution in [-0.4, -0.2) is 21.3 Å². The predicted octanol–water partition coefficient (Wildman–Crippen LogP) is 2.80. The van der Waals surface area contributed by atoms with Gasteiger partial charge in [-0.15, -0.1) is 0 Å². The SMILES string of the molecule is Cc1nn(C)c2ncc(CNCCC(C)(C)C)cc12. The highest BCUT2D eigenvalue weighted by Crippen LogP contribution is 2.18. The zero-order valence-corrected chi connectivity index (χ0v) is 12.6. The first-order chi connectivity index (χ1) is 8.87. The standard InChI is InChI=1S/C15H24N4/c1-11-13-8-12(9-16-7-6-15(2,3)4)10-17-14(13)19(5)18-11/h8,10,16H,6-7,9H2,1-5H3. The van der Waals surface area contributed by atoms with Gasteiger partial charge in [-0.05, 0) is 36.9 Å². The molecule has 0 radical (unpaired) electrons. The fourth-order valence-corrected chi connectivity index (χ4v) is 2.14. The van der Waals surface area contributed by atoms with Crippen LogP contribution in [-0.2, 0) is 13.6 Å². The second-order valence-electron chi connectivity index (χ2n) is 6.41. The van der Waals surface area contributed by atoms with Gasteiger partial charge in [0.05, 0.1) is 5.69 Å². The molecule has 0 saturated carbocycles. The monoisotopic (exact) mass is 260 g/mol. The van der Waals surface area contributed by atoms with Gasteiger partial charge in [0.15, 0.2) is 5.65 Å². The summed E-state index contributed by atoms with van der Waals surface area (Å²) in [6.07, 6.45) is 3.11. The molecule has 0 aromatic carbocycles. The summed E-state index contributed by atoms with van der Waals surface area (Å²) in [4.78, 5) is 4.49. The maximum Gasteiger partial charge on any atom is 0.157 e. The largest absolute Gasteiger partial charge is 0.313 e. The van der Waals surface area contributed by atoms with Crippen molar-refractivity contribution in [3.63, 3.8) is 0 Å². The lowest BCUT2D eigenvalue weighted by molar-refractivity contribution is 0.366. The molecule has 0 saturated heterocycles. The summed E-state index contributed by atoms with van der Waals surface area (Å²) in [7, 11) is 1.93. The van der Waals surface area contributed by atoms with Crippen LogP contribution in [0.15, 0.2) is 12.3 Å². The van der Waals surface area contributed by atoms with E-state index in [9.17, 15) is 0 Å². The number of nitrogens with zero attached hydrogens (tertiary/aromatic N) is 3. The molecule has 0 fully saturated rings. The average Bonchev–Trinajstić information content (AvgIpc) is 2.59. The third-order valence-corrected chi connectivity index (χ3v) is 3.30. The minimum absolute atomic E-state index is 0.384. The Labute approximate surface area is 115 Å². The molecule has 104 valence electrons. The summed E-state index contributed by atoms with van der Waals surface area (Å²) in [5.41, 5.74) is 3.60. The zero-order valence-electron chi connectivity index (χ0n) is 12.6. The fourth-order valence-electron chi connectivity index (χ4n) is 2.14. The Morgan fingerprint density at radius 3 is 2.74 bits per heavy atom. The number of nitrogens with one attached hydrogen (secondary N) is 1. The van der Waals surface area contributed by atoms with E-state index >= 15 is 0 Å². The first-order valence-corrected chi connectivity index (χ1v) is 6.86. The van der Waals surface area contributed by atoms with Crippen molar-refractivity contribution in [1.29, 1.82) is 0 Å². The third kappa shape index (κ3) is 3.53. The molecule has 19 heavy (non-hydrogen) atoms. The minimum atomic E-state index is 0.384. The van der Waals surface area contributed by atoms with E-state index in [4.69, 9.17) is 0 Å². The second kappa shape index (κ2) is 5.29. The van der Waals surface area contributed by atoms with Crippen LogP contribution in [0.2, 0.25) is 0 Å². The summed E-state index contributed by atoms with van der Waals surface area (Å²) < 4.78 is 1.83. The van der Waals surface area contributed by atoms with Crippen LogP contribution in [0, 0.1) is 12.3 Å². The van der Waals surface area contributed by atoms with Crippen molar-refractivity contribution in [3.05, 3.63) is 23.5 Å². The highest BCUT2D eigenvalue weighted by Gasteiger charge is 2.09. The van der Waals surface area contributed by atoms with Crippen molar-refractivity contribution < 1.29 is 0 Å². The molecule has 0 aliphatic rings. The lowest BCUT2D eigenvalue weighted by atomic mass is 9.92. The highest BCUT2D eigenvalue weighted by atomic mass is 15.3. The quantitative estimate of drug-likeness (QED) is 0.860. The van der Waals surface area contributed by atoms with Crippen LogP contribution in [0.5, 0.6) is 0 Å². The molecule has 0 bridgehead atoms. The smallest absolute Gasteiger partial charge is 0.157 e. The van der Waals surface area contributed by atoms with E-state index in [0.717, 1.165) is 29.8 Å². The Morgan fingerprint density at radius 2 is 2.05 bits per heavy atom. The van der Waals surface area contributed by atoms with Gasteiger partial charge < -0.3 is 5.32 Å². The number of hydrogen-bond donors (Lipinski definition) is 1. The van der Waals surface area contributed by atoms with Crippen molar-refractivity contribution in [3.8, 4) is 0 Å². The number of hydrogen-bond acceptors (Lipinski definition) is 3. The van der Waals surface area contributed by atoms with Gasteiger partial charge in [0, 0.05) is 25.2 Å². The van der Waals surface area contributed by atoms with E-state index in [2.05, 4.69) is 42.2 Å². The summed E-state index contributed by atoms with van der Waals surface area (Å²) in [5.74, 6) is 0. The molecule has 0 aliphatic carbocycles. The zero-order chi connectivity index (χ0) is 14.0. The molecule has 0 aliphatic heterocycles. The average molecular weight is 260 g/mol. The van der Waals surface area contributed by atoms with E-state index in [1.165, 1.54) is 12.0 Å². The number of rotatable bonds is 4. The number of aryl methyl sites for hydroxylation is 2. The van der Waals surface area contributed by atoms with Crippen molar-refractivity contribution >= 4 is 11.0 Å². The molecule has 4 heteroatoms. The van der Waals surface area contributed by atoms with Crippen LogP contribution in [0.3, 0.4) is 0 Å². The Balaban J connectivity index is 2.00. The Bertz CT molecular complexity index is 563. The van der Waals surface area contributed by atoms with Crippen molar-refractivity contribution in [1.82, 2.24) is 20.1 Å². The van der Waals surface area contributed by atoms with Gasteiger partial charge in [0.2, 0.25) is 0 Å². The van der Waals surface area contributed by atoms with Gasteiger partial charge in [0.25, 0.3) is 0 Å². The molecule has 0 unspecified atom stereocenters. The lowest BCUT2D eigenvalue weighted by Gasteiger charge is -2.18. The van der Waals surface area contributed by atoms with E-state index in [1.54, 1.807) is 0 Å². The molecular weight excluding hydrogens is 236 g/mol. The van der Waals surface area contributed by atoms with Crippen molar-refractivity contribution in [2.24, 2.45) is 12.5 Å². The van der Waals surface area contributed by atoms with Crippen LogP contribution in [0.25, 0.3) is 11.0 Å². The summed E-state index contributed by atoms with van der Waals surface area (Å²) in [6, 6.07) is 2.19. The van der Waals surface area contributed by atoms with Crippen LogP contribution in [0.1, 0.15) is 38.4 Å². The van der Waals surface area contributed by atoms with E-state index in [1.807, 2.05) is 24.9 Å². The Hall–Kier alpha value is -1.42. The molecular formula is C15H24N4. The molecule has 1 N–H and O–H groups in total. The van der Waals surface area contributed by atoms with E-state index in [0.29, 0.717) is 5.41 Å². The van der Waals surface area contributed by atoms with Crippen LogP contribution >= 0.6 is 0 Å². The first-order valence-electron chi connectivity index (χ1n) is 6.86. The summed E-state index contributed by atoms with van der Waals surface area (Å²) in [5, 5.41) is 9.03. The molecule has 0 spiro atoms. The van der Waals surface area contributed by atoms with Gasteiger partial charge in [-0.3, -0.25) is 4.68 Å². The number of fused-ring (bicyclic) bond motifs is 1. The molecule has 0 atom stereocenters. The maximum absolute atomic E-state index is 4.49. The van der Waals surface area contributed by atoms with Crippen molar-refractivity contribution in [2.45, 2.75) is 40.7 Å². The van der Waals surface area contributed by atoms with Gasteiger partial charge in [-0.2, -0.15) is 5.10 Å². The molecule has 4 nitrogen and oxygen atoms in total. The van der Waals surface area contributed by atoms with Gasteiger partial charge in [0.1, 0.15) is 0 Å². The topological polar surface area (TPSA) is 42.7 Å². The first kappa shape index (κ1) is 14.0. The van der Waals surface area contributed by atoms with Gasteiger partial charge >= 0.3 is 0 Å². The van der Waals surface area contributed by atoms with Crippen LogP contribution < -0.4 is 5.32 Å². The third-order valence-electron chi connectivity index (χ3n) is 3.30. The number of aromatic nitrogens is 3. The van der Waals surface area contributed by atoms with E-state index < -0.39 is 0 Å². The molecule has 2 heterocycles. The molecule has 2 aromatic rings. The van der Waals surface area contributed by atoms with Crippen molar-refractivity contribution in [2.75, 3.05) is 6.54 Å². The van der Waals surface area contributed by atoms with E-state index in [-0.39, 0.29) is 0 Å². The summed E-state index contributed by atoms with van der Waals surface area (Å²) in [6.45, 7) is 10.7. The summed E-state index contributed by atoms with van der Waals surface area (Å²) >= 11 is 0. The maximum atomic E-state index is 4.49. The molecule has 2 rings (SSSR count). The highest BCUT2D eigenvalue weighted by molar-refractivity contribution is 5.78. The Morgan fingerprint density at radius 1 is 1.32 bits per heavy atom. The van der Waals surface area contributed by atoms with Gasteiger partial charge in [-0.1, -0.05) is 20.8 Å². The van der Waals surface area contributed by atoms with Crippen LogP contribution in [0.4, 0.5) is 0 Å². The minimum Gasteiger partial charge on any atom is -0.313 e. The number of pyridine rings is 1. The Kier molecular flexibility index (Phi) is 3.90. The predicted molar refractivity (Wildman–Crippen MR) is 79.0 cm³/mol.